The van der Waals surface area contributed by atoms with Gasteiger partial charge in [-0.2, -0.15) is 0 Å². The van der Waals surface area contributed by atoms with Gasteiger partial charge >= 0.3 is 5.97 Å². The van der Waals surface area contributed by atoms with Gasteiger partial charge < -0.3 is 14.9 Å². The molecule has 2 amide bonds. The zero-order valence-electron chi connectivity index (χ0n) is 13.4. The molecule has 0 aliphatic carbocycles. The Hall–Kier alpha value is -1.89. The van der Waals surface area contributed by atoms with E-state index < -0.39 is 11.9 Å². The Balaban J connectivity index is 1.78. The van der Waals surface area contributed by atoms with E-state index in [1.807, 2.05) is 11.4 Å². The third-order valence-electron chi connectivity index (χ3n) is 4.11. The number of hydrogen-bond donors (Lipinski definition) is 1. The van der Waals surface area contributed by atoms with E-state index in [1.165, 1.54) is 15.3 Å². The Morgan fingerprint density at radius 1 is 1.39 bits per heavy atom. The molecule has 0 saturated heterocycles. The number of fused-ring (bicyclic) bond motifs is 1. The quantitative estimate of drug-likeness (QED) is 0.854. The van der Waals surface area contributed by atoms with Gasteiger partial charge in [-0.3, -0.25) is 14.4 Å². The molecule has 1 unspecified atom stereocenters. The molecule has 23 heavy (non-hydrogen) atoms. The molecule has 6 nitrogen and oxygen atoms in total. The van der Waals surface area contributed by atoms with Crippen LogP contribution in [0.15, 0.2) is 11.4 Å². The average Bonchev–Trinajstić information content (AvgIpc) is 2.99. The Morgan fingerprint density at radius 3 is 2.83 bits per heavy atom. The minimum atomic E-state index is -0.930. The van der Waals surface area contributed by atoms with Crippen molar-refractivity contribution in [2.24, 2.45) is 5.92 Å². The molecular formula is C16H22N2O4S. The summed E-state index contributed by atoms with van der Waals surface area (Å²) in [5, 5.41) is 10.9. The fourth-order valence-electron chi connectivity index (χ4n) is 2.61. The fourth-order valence-corrected chi connectivity index (χ4v) is 3.50. The smallest absolute Gasteiger partial charge is 0.308 e. The van der Waals surface area contributed by atoms with Crippen LogP contribution < -0.4 is 0 Å². The lowest BCUT2D eigenvalue weighted by atomic mass is 10.1. The summed E-state index contributed by atoms with van der Waals surface area (Å²) < 4.78 is 0. The van der Waals surface area contributed by atoms with Crippen LogP contribution in [-0.2, 0) is 27.3 Å². The number of thiophene rings is 1. The largest absolute Gasteiger partial charge is 0.481 e. The summed E-state index contributed by atoms with van der Waals surface area (Å²) in [6.45, 7) is 3.04. The number of hydrogen-bond acceptors (Lipinski definition) is 4. The lowest BCUT2D eigenvalue weighted by Gasteiger charge is -2.27. The van der Waals surface area contributed by atoms with Crippen molar-refractivity contribution < 1.29 is 19.5 Å². The highest BCUT2D eigenvalue weighted by Crippen LogP contribution is 2.24. The third-order valence-corrected chi connectivity index (χ3v) is 5.13. The molecule has 0 fully saturated rings. The van der Waals surface area contributed by atoms with Crippen molar-refractivity contribution in [3.63, 3.8) is 0 Å². The predicted octanol–water partition coefficient (Wildman–Crippen LogP) is 1.59. The van der Waals surface area contributed by atoms with Crippen LogP contribution in [0.3, 0.4) is 0 Å². The van der Waals surface area contributed by atoms with Crippen molar-refractivity contribution in [2.75, 3.05) is 20.1 Å². The van der Waals surface area contributed by atoms with E-state index in [0.29, 0.717) is 13.1 Å². The SMILES string of the molecule is CC(CN(C)C(=O)CCC(=O)N1CCc2sccc2C1)C(=O)O. The Labute approximate surface area is 139 Å². The van der Waals surface area contributed by atoms with E-state index in [1.54, 1.807) is 30.2 Å². The molecule has 0 saturated carbocycles. The summed E-state index contributed by atoms with van der Waals surface area (Å²) in [6, 6.07) is 2.05. The van der Waals surface area contributed by atoms with Gasteiger partial charge in [0, 0.05) is 44.4 Å². The zero-order valence-corrected chi connectivity index (χ0v) is 14.3. The van der Waals surface area contributed by atoms with Crippen LogP contribution in [0.25, 0.3) is 0 Å². The maximum Gasteiger partial charge on any atom is 0.308 e. The Morgan fingerprint density at radius 2 is 2.13 bits per heavy atom. The van der Waals surface area contributed by atoms with Crippen LogP contribution in [0.2, 0.25) is 0 Å². The highest BCUT2D eigenvalue weighted by atomic mass is 32.1. The number of amides is 2. The molecule has 0 aromatic carbocycles. The topological polar surface area (TPSA) is 77.9 Å². The number of nitrogens with zero attached hydrogens (tertiary/aromatic N) is 2. The summed E-state index contributed by atoms with van der Waals surface area (Å²) in [4.78, 5) is 39.6. The molecule has 0 spiro atoms. The fraction of sp³-hybridized carbons (Fsp3) is 0.562. The van der Waals surface area contributed by atoms with Crippen LogP contribution >= 0.6 is 11.3 Å². The van der Waals surface area contributed by atoms with E-state index in [-0.39, 0.29) is 31.2 Å². The van der Waals surface area contributed by atoms with E-state index in [9.17, 15) is 14.4 Å². The van der Waals surface area contributed by atoms with Crippen molar-refractivity contribution in [1.82, 2.24) is 9.80 Å². The third kappa shape index (κ3) is 4.54. The van der Waals surface area contributed by atoms with E-state index >= 15 is 0 Å². The van der Waals surface area contributed by atoms with Gasteiger partial charge in [0.15, 0.2) is 0 Å². The Kier molecular flexibility index (Phi) is 5.76. The van der Waals surface area contributed by atoms with Gasteiger partial charge in [0.2, 0.25) is 11.8 Å². The van der Waals surface area contributed by atoms with E-state index in [0.717, 1.165) is 6.42 Å². The van der Waals surface area contributed by atoms with Crippen molar-refractivity contribution in [1.29, 1.82) is 0 Å². The second-order valence-electron chi connectivity index (χ2n) is 5.95. The van der Waals surface area contributed by atoms with Crippen molar-refractivity contribution in [2.45, 2.75) is 32.7 Å². The lowest BCUT2D eigenvalue weighted by molar-refractivity contribution is -0.143. The number of carboxylic acids is 1. The minimum Gasteiger partial charge on any atom is -0.481 e. The van der Waals surface area contributed by atoms with Gasteiger partial charge in [0.25, 0.3) is 0 Å². The van der Waals surface area contributed by atoms with E-state index in [2.05, 4.69) is 0 Å². The molecule has 1 N–H and O–H groups in total. The molecule has 126 valence electrons. The summed E-state index contributed by atoms with van der Waals surface area (Å²) in [7, 11) is 1.57. The number of carbonyl (C=O) groups excluding carboxylic acids is 2. The molecule has 2 heterocycles. The molecule has 1 aliphatic rings. The van der Waals surface area contributed by atoms with E-state index in [4.69, 9.17) is 5.11 Å². The van der Waals surface area contributed by atoms with Crippen LogP contribution in [0.1, 0.15) is 30.2 Å². The van der Waals surface area contributed by atoms with Gasteiger partial charge in [-0.1, -0.05) is 6.92 Å². The molecule has 0 bridgehead atoms. The molecule has 0 radical (unpaired) electrons. The highest BCUT2D eigenvalue weighted by Gasteiger charge is 2.23. The van der Waals surface area contributed by atoms with Crippen LogP contribution in [0.4, 0.5) is 0 Å². The van der Waals surface area contributed by atoms with Crippen molar-refractivity contribution >= 4 is 29.1 Å². The minimum absolute atomic E-state index is 0.0186. The van der Waals surface area contributed by atoms with Gasteiger partial charge in [0.05, 0.1) is 5.92 Å². The number of carboxylic acid groups (broad SMARTS) is 1. The predicted molar refractivity (Wildman–Crippen MR) is 87.1 cm³/mol. The Bertz CT molecular complexity index is 599. The molecule has 1 aromatic heterocycles. The van der Waals surface area contributed by atoms with Crippen molar-refractivity contribution in [3.05, 3.63) is 21.9 Å². The second kappa shape index (κ2) is 7.59. The number of carbonyl (C=O) groups is 3. The summed E-state index contributed by atoms with van der Waals surface area (Å²) in [5.74, 6) is -1.76. The molecule has 2 rings (SSSR count). The zero-order chi connectivity index (χ0) is 17.0. The molecule has 1 aliphatic heterocycles. The van der Waals surface area contributed by atoms with Gasteiger partial charge in [-0.25, -0.2) is 0 Å². The standard InChI is InChI=1S/C16H22N2O4S/c1-11(16(21)22)9-17(2)14(19)3-4-15(20)18-7-5-13-12(10-18)6-8-23-13/h6,8,11H,3-5,7,9-10H2,1-2H3,(H,21,22). The van der Waals surface area contributed by atoms with Crippen molar-refractivity contribution in [3.8, 4) is 0 Å². The van der Waals surface area contributed by atoms with Gasteiger partial charge in [0.1, 0.15) is 0 Å². The highest BCUT2D eigenvalue weighted by molar-refractivity contribution is 7.10. The summed E-state index contributed by atoms with van der Waals surface area (Å²) >= 11 is 1.72. The first-order chi connectivity index (χ1) is 10.9. The molecular weight excluding hydrogens is 316 g/mol. The average molecular weight is 338 g/mol. The second-order valence-corrected chi connectivity index (χ2v) is 6.95. The first-order valence-corrected chi connectivity index (χ1v) is 8.56. The lowest BCUT2D eigenvalue weighted by Crippen LogP contribution is -2.37. The maximum atomic E-state index is 12.3. The molecule has 1 aromatic rings. The summed E-state index contributed by atoms with van der Waals surface area (Å²) in [6.07, 6.45) is 1.17. The first kappa shape index (κ1) is 17.5. The molecule has 1 atom stereocenters. The van der Waals surface area contributed by atoms with Crippen LogP contribution in [0, 0.1) is 5.92 Å². The van der Waals surface area contributed by atoms with Gasteiger partial charge in [-0.05, 0) is 23.4 Å². The van der Waals surface area contributed by atoms with Crippen LogP contribution in [-0.4, -0.2) is 52.8 Å². The monoisotopic (exact) mass is 338 g/mol. The number of aliphatic carboxylic acids is 1. The number of rotatable bonds is 6. The molecule has 7 heteroatoms. The summed E-state index contributed by atoms with van der Waals surface area (Å²) in [5.41, 5.74) is 1.20. The van der Waals surface area contributed by atoms with Gasteiger partial charge in [-0.15, -0.1) is 11.3 Å². The normalized spacial score (nSPS) is 15.0. The van der Waals surface area contributed by atoms with Crippen LogP contribution in [0.5, 0.6) is 0 Å². The first-order valence-electron chi connectivity index (χ1n) is 7.68. The maximum absolute atomic E-state index is 12.3.